The fourth-order valence-corrected chi connectivity index (χ4v) is 7.41. The molecule has 8 nitrogen and oxygen atoms in total. The normalized spacial score (nSPS) is 17.0. The number of hydrogen-bond donors (Lipinski definition) is 2. The molecule has 1 amide bonds. The number of carbonyl (C=O) groups is 2. The van der Waals surface area contributed by atoms with E-state index in [0.29, 0.717) is 11.6 Å². The zero-order valence-corrected chi connectivity index (χ0v) is 26.1. The lowest BCUT2D eigenvalue weighted by atomic mass is 9.75. The van der Waals surface area contributed by atoms with E-state index >= 15 is 0 Å². The molecule has 2 aliphatic rings. The average Bonchev–Trinajstić information content (AvgIpc) is 3.52. The molecule has 2 aromatic carbocycles. The number of imidazole rings is 1. The van der Waals surface area contributed by atoms with Gasteiger partial charge in [-0.25, -0.2) is 9.78 Å². The average molecular weight is 602 g/mol. The molecule has 8 heteroatoms. The van der Waals surface area contributed by atoms with E-state index in [1.807, 2.05) is 54.2 Å². The maximum Gasteiger partial charge on any atom is 0.331 e. The van der Waals surface area contributed by atoms with Gasteiger partial charge in [-0.2, -0.15) is 0 Å². The van der Waals surface area contributed by atoms with Gasteiger partial charge in [0.25, 0.3) is 5.91 Å². The van der Waals surface area contributed by atoms with E-state index < -0.39 is 11.5 Å². The molecule has 2 fully saturated rings. The number of rotatable bonds is 7. The summed E-state index contributed by atoms with van der Waals surface area (Å²) in [5, 5.41) is 13.8. The molecule has 45 heavy (non-hydrogen) atoms. The number of pyridine rings is 1. The number of aryl methyl sites for hydroxylation is 2. The Labute approximate surface area is 262 Å². The van der Waals surface area contributed by atoms with Crippen LogP contribution in [-0.2, 0) is 17.4 Å². The third-order valence-electron chi connectivity index (χ3n) is 9.98. The van der Waals surface area contributed by atoms with Crippen LogP contribution in [0.5, 0.6) is 0 Å². The molecule has 7 rings (SSSR count). The number of amides is 1. The van der Waals surface area contributed by atoms with E-state index in [1.165, 1.54) is 19.3 Å². The minimum atomic E-state index is -0.941. The van der Waals surface area contributed by atoms with Crippen molar-refractivity contribution in [2.24, 2.45) is 7.05 Å². The number of aromatic nitrogens is 4. The smallest absolute Gasteiger partial charge is 0.331 e. The molecule has 5 aromatic rings. The maximum atomic E-state index is 14.0. The number of fused-ring (bicyclic) bond motifs is 2. The molecule has 0 atom stereocenters. The molecule has 0 radical (unpaired) electrons. The third-order valence-corrected chi connectivity index (χ3v) is 9.98. The van der Waals surface area contributed by atoms with Crippen LogP contribution in [0.3, 0.4) is 0 Å². The lowest BCUT2D eigenvalue weighted by Gasteiger charge is -2.41. The second-order valence-electron chi connectivity index (χ2n) is 12.8. The highest BCUT2D eigenvalue weighted by Crippen LogP contribution is 2.43. The van der Waals surface area contributed by atoms with Crippen LogP contribution in [0.2, 0.25) is 0 Å². The van der Waals surface area contributed by atoms with E-state index in [0.717, 1.165) is 82.4 Å². The monoisotopic (exact) mass is 601 g/mol. The molecule has 2 saturated carbocycles. The minimum Gasteiger partial charge on any atom is -0.478 e. The van der Waals surface area contributed by atoms with Crippen molar-refractivity contribution in [2.45, 2.75) is 76.8 Å². The van der Waals surface area contributed by atoms with Crippen LogP contribution in [-0.4, -0.2) is 36.1 Å². The van der Waals surface area contributed by atoms with Crippen molar-refractivity contribution in [3.05, 3.63) is 88.9 Å². The Morgan fingerprint density at radius 1 is 1.00 bits per heavy atom. The van der Waals surface area contributed by atoms with E-state index in [1.54, 1.807) is 13.0 Å². The van der Waals surface area contributed by atoms with Gasteiger partial charge in [0.1, 0.15) is 5.82 Å². The molecule has 0 bridgehead atoms. The summed E-state index contributed by atoms with van der Waals surface area (Å²) in [6, 6.07) is 18.4. The van der Waals surface area contributed by atoms with Crippen molar-refractivity contribution in [1.82, 2.24) is 24.4 Å². The Bertz CT molecular complexity index is 1970. The second kappa shape index (κ2) is 11.3. The van der Waals surface area contributed by atoms with Crippen molar-refractivity contribution in [3.63, 3.8) is 0 Å². The Morgan fingerprint density at radius 3 is 2.49 bits per heavy atom. The van der Waals surface area contributed by atoms with Gasteiger partial charge in [0.05, 0.1) is 28.0 Å². The standard InChI is InChI=1S/C37H39N5O3/c1-23(35(44)45)20-25-13-15-29-32(21-25)41(3)36(39-29)37(17-9-18-37)40-34(43)26-14-16-31-28(22-26)24(2)33(30-12-7-8-19-38-30)42(31)27-10-5-4-6-11-27/h7-8,12-16,19-22,27H,4-6,9-11,17-18H2,1-3H3,(H,40,43)(H,44,45)/b23-20+. The molecule has 0 saturated heterocycles. The first kappa shape index (κ1) is 29.0. The number of carbonyl (C=O) groups excluding carboxylic acids is 1. The zero-order chi connectivity index (χ0) is 31.3. The SMILES string of the molecule is C/C(=C\c1ccc2nc(C3(NC(=O)c4ccc5c(c4)c(C)c(-c4ccccn4)n5C4CCCCC4)CCC3)n(C)c2c1)C(=O)O. The lowest BCUT2D eigenvalue weighted by Crippen LogP contribution is -2.52. The van der Waals surface area contributed by atoms with Crippen molar-refractivity contribution in [2.75, 3.05) is 0 Å². The van der Waals surface area contributed by atoms with Gasteiger partial charge in [0.2, 0.25) is 0 Å². The Hall–Kier alpha value is -4.72. The summed E-state index contributed by atoms with van der Waals surface area (Å²) in [7, 11) is 1.97. The van der Waals surface area contributed by atoms with Gasteiger partial charge in [0, 0.05) is 41.3 Å². The highest BCUT2D eigenvalue weighted by Gasteiger charge is 2.44. The molecule has 2 N–H and O–H groups in total. The molecule has 0 spiro atoms. The molecule has 3 heterocycles. The van der Waals surface area contributed by atoms with Crippen molar-refractivity contribution < 1.29 is 14.7 Å². The molecular formula is C37H39N5O3. The number of aliphatic carboxylic acids is 1. The van der Waals surface area contributed by atoms with E-state index in [2.05, 4.69) is 35.0 Å². The van der Waals surface area contributed by atoms with Crippen LogP contribution in [0.4, 0.5) is 0 Å². The summed E-state index contributed by atoms with van der Waals surface area (Å²) in [5.41, 5.74) is 7.31. The molecule has 0 aliphatic heterocycles. The zero-order valence-electron chi connectivity index (χ0n) is 26.1. The summed E-state index contributed by atoms with van der Waals surface area (Å²) >= 11 is 0. The topological polar surface area (TPSA) is 102 Å². The van der Waals surface area contributed by atoms with Gasteiger partial charge in [-0.1, -0.05) is 31.4 Å². The quantitative estimate of drug-likeness (QED) is 0.186. The fourth-order valence-electron chi connectivity index (χ4n) is 7.41. The first-order valence-electron chi connectivity index (χ1n) is 16.0. The van der Waals surface area contributed by atoms with E-state index in [4.69, 9.17) is 9.97 Å². The number of nitrogens with zero attached hydrogens (tertiary/aromatic N) is 4. The summed E-state index contributed by atoms with van der Waals surface area (Å²) in [6.45, 7) is 3.74. The molecule has 2 aliphatic carbocycles. The van der Waals surface area contributed by atoms with Crippen LogP contribution in [0.15, 0.2) is 66.4 Å². The highest BCUT2D eigenvalue weighted by atomic mass is 16.4. The van der Waals surface area contributed by atoms with E-state index in [9.17, 15) is 14.7 Å². The lowest BCUT2D eigenvalue weighted by molar-refractivity contribution is -0.132. The molecule has 0 unspecified atom stereocenters. The number of carboxylic acid groups (broad SMARTS) is 1. The van der Waals surface area contributed by atoms with E-state index in [-0.39, 0.29) is 11.5 Å². The maximum absolute atomic E-state index is 14.0. The van der Waals surface area contributed by atoms with Crippen LogP contribution >= 0.6 is 0 Å². The predicted molar refractivity (Wildman–Crippen MR) is 177 cm³/mol. The van der Waals surface area contributed by atoms with Crippen molar-refractivity contribution in [3.8, 4) is 11.4 Å². The number of benzene rings is 2. The fraction of sp³-hybridized carbons (Fsp3) is 0.351. The van der Waals surface area contributed by atoms with Crippen molar-refractivity contribution >= 4 is 39.9 Å². The van der Waals surface area contributed by atoms with Gasteiger partial charge < -0.3 is 19.6 Å². The van der Waals surface area contributed by atoms with Crippen LogP contribution in [0.25, 0.3) is 39.4 Å². The summed E-state index contributed by atoms with van der Waals surface area (Å²) < 4.78 is 4.53. The summed E-state index contributed by atoms with van der Waals surface area (Å²) in [6.07, 6.45) is 12.2. The molecular weight excluding hydrogens is 562 g/mol. The third kappa shape index (κ3) is 5.02. The second-order valence-corrected chi connectivity index (χ2v) is 12.8. The predicted octanol–water partition coefficient (Wildman–Crippen LogP) is 7.70. The highest BCUT2D eigenvalue weighted by molar-refractivity contribution is 6.01. The first-order valence-corrected chi connectivity index (χ1v) is 16.0. The van der Waals surface area contributed by atoms with Gasteiger partial charge in [-0.15, -0.1) is 0 Å². The van der Waals surface area contributed by atoms with Crippen LogP contribution in [0.1, 0.15) is 91.6 Å². The van der Waals surface area contributed by atoms with Gasteiger partial charge in [0.15, 0.2) is 0 Å². The largest absolute Gasteiger partial charge is 0.478 e. The molecule has 230 valence electrons. The number of hydrogen-bond acceptors (Lipinski definition) is 4. The van der Waals surface area contributed by atoms with Gasteiger partial charge >= 0.3 is 5.97 Å². The number of carboxylic acids is 1. The Balaban J connectivity index is 1.24. The number of nitrogens with one attached hydrogen (secondary N) is 1. The summed E-state index contributed by atoms with van der Waals surface area (Å²) in [4.78, 5) is 35.0. The van der Waals surface area contributed by atoms with Crippen molar-refractivity contribution in [1.29, 1.82) is 0 Å². The Morgan fingerprint density at radius 2 is 1.80 bits per heavy atom. The van der Waals surface area contributed by atoms with Gasteiger partial charge in [-0.05, 0) is 106 Å². The first-order chi connectivity index (χ1) is 21.8. The minimum absolute atomic E-state index is 0.103. The summed E-state index contributed by atoms with van der Waals surface area (Å²) in [5.74, 6) is -0.219. The van der Waals surface area contributed by atoms with Gasteiger partial charge in [-0.3, -0.25) is 9.78 Å². The molecule has 3 aromatic heterocycles. The van der Waals surface area contributed by atoms with Crippen LogP contribution in [0, 0.1) is 6.92 Å². The Kier molecular flexibility index (Phi) is 7.30. The van der Waals surface area contributed by atoms with Crippen LogP contribution < -0.4 is 5.32 Å².